The molecule has 88 valence electrons. The third-order valence-electron chi connectivity index (χ3n) is 2.12. The van der Waals surface area contributed by atoms with Crippen LogP contribution in [0.2, 0.25) is 0 Å². The average Bonchev–Trinajstić information content (AvgIpc) is 2.16. The summed E-state index contributed by atoms with van der Waals surface area (Å²) in [6.45, 7) is 0. The van der Waals surface area contributed by atoms with Crippen molar-refractivity contribution >= 4 is 17.7 Å². The molecule has 0 radical (unpaired) electrons. The zero-order chi connectivity index (χ0) is 12.1. The topological polar surface area (TPSA) is 37.3 Å². The number of hydrogen-bond acceptors (Lipinski definition) is 2. The van der Waals surface area contributed by atoms with Gasteiger partial charge >= 0.3 is 5.97 Å². The molecule has 1 aromatic carbocycles. The van der Waals surface area contributed by atoms with Crippen LogP contribution in [0, 0.1) is 11.6 Å². The van der Waals surface area contributed by atoms with Gasteiger partial charge in [-0.2, -0.15) is 0 Å². The lowest BCUT2D eigenvalue weighted by molar-refractivity contribution is -0.137. The quantitative estimate of drug-likeness (QED) is 0.811. The highest BCUT2D eigenvalue weighted by molar-refractivity contribution is 7.98. The van der Waals surface area contributed by atoms with E-state index in [0.29, 0.717) is 18.4 Å². The standard InChI is InChI=1S/C11H12F2O2S/c1-16-11-8(12)5-7(6-9(11)13)3-2-4-10(14)15/h5-6H,2-4H2,1H3,(H,14,15). The minimum atomic E-state index is -0.901. The van der Waals surface area contributed by atoms with Crippen molar-refractivity contribution in [3.8, 4) is 0 Å². The summed E-state index contributed by atoms with van der Waals surface area (Å²) < 4.78 is 26.6. The maximum absolute atomic E-state index is 13.3. The molecule has 1 aromatic rings. The van der Waals surface area contributed by atoms with E-state index in [1.807, 2.05) is 0 Å². The van der Waals surface area contributed by atoms with Crippen molar-refractivity contribution in [1.82, 2.24) is 0 Å². The molecule has 0 saturated carbocycles. The van der Waals surface area contributed by atoms with Crippen LogP contribution in [0.15, 0.2) is 17.0 Å². The molecule has 16 heavy (non-hydrogen) atoms. The zero-order valence-corrected chi connectivity index (χ0v) is 9.61. The van der Waals surface area contributed by atoms with Crippen molar-refractivity contribution in [2.24, 2.45) is 0 Å². The number of thioether (sulfide) groups is 1. The number of halogens is 2. The summed E-state index contributed by atoms with van der Waals surface area (Å²) in [5.74, 6) is -2.07. The molecule has 1 rings (SSSR count). The first-order valence-corrected chi connectivity index (χ1v) is 6.00. The summed E-state index contributed by atoms with van der Waals surface area (Å²) in [7, 11) is 0. The Balaban J connectivity index is 2.72. The summed E-state index contributed by atoms with van der Waals surface area (Å²) in [5.41, 5.74) is 0.494. The minimum absolute atomic E-state index is 0.00184. The second kappa shape index (κ2) is 5.84. The summed E-state index contributed by atoms with van der Waals surface area (Å²) in [6, 6.07) is 2.52. The first kappa shape index (κ1) is 13.0. The smallest absolute Gasteiger partial charge is 0.303 e. The van der Waals surface area contributed by atoms with E-state index >= 15 is 0 Å². The predicted octanol–water partition coefficient (Wildman–Crippen LogP) is 3.09. The molecule has 0 aliphatic heterocycles. The molecule has 5 heteroatoms. The van der Waals surface area contributed by atoms with Crippen molar-refractivity contribution in [2.75, 3.05) is 6.26 Å². The highest BCUT2D eigenvalue weighted by Crippen LogP contribution is 2.24. The lowest BCUT2D eigenvalue weighted by Crippen LogP contribution is -1.97. The van der Waals surface area contributed by atoms with E-state index in [9.17, 15) is 13.6 Å². The number of carboxylic acids is 1. The molecule has 0 heterocycles. The number of benzene rings is 1. The van der Waals surface area contributed by atoms with Gasteiger partial charge in [0.1, 0.15) is 11.6 Å². The van der Waals surface area contributed by atoms with Crippen molar-refractivity contribution < 1.29 is 18.7 Å². The summed E-state index contributed by atoms with van der Waals surface area (Å²) in [5, 5.41) is 8.43. The zero-order valence-electron chi connectivity index (χ0n) is 8.80. The van der Waals surface area contributed by atoms with Crippen LogP contribution in [0.5, 0.6) is 0 Å². The lowest BCUT2D eigenvalue weighted by atomic mass is 10.1. The van der Waals surface area contributed by atoms with Crippen LogP contribution in [0.4, 0.5) is 8.78 Å². The first-order chi connectivity index (χ1) is 7.54. The van der Waals surface area contributed by atoms with Crippen molar-refractivity contribution in [1.29, 1.82) is 0 Å². The van der Waals surface area contributed by atoms with Gasteiger partial charge in [0.2, 0.25) is 0 Å². The van der Waals surface area contributed by atoms with Crippen LogP contribution >= 0.6 is 11.8 Å². The van der Waals surface area contributed by atoms with E-state index in [4.69, 9.17) is 5.11 Å². The molecule has 0 amide bonds. The van der Waals surface area contributed by atoms with Crippen LogP contribution < -0.4 is 0 Å². The van der Waals surface area contributed by atoms with E-state index in [-0.39, 0.29) is 11.3 Å². The third kappa shape index (κ3) is 3.48. The summed E-state index contributed by atoms with van der Waals surface area (Å²) >= 11 is 1.02. The Kier molecular flexibility index (Phi) is 4.73. The SMILES string of the molecule is CSc1c(F)cc(CCCC(=O)O)cc1F. The fourth-order valence-electron chi connectivity index (χ4n) is 1.40. The number of carbonyl (C=O) groups is 1. The second-order valence-corrected chi connectivity index (χ2v) is 4.16. The van der Waals surface area contributed by atoms with Gasteiger partial charge in [0.25, 0.3) is 0 Å². The molecule has 1 N–H and O–H groups in total. The molecule has 0 spiro atoms. The van der Waals surface area contributed by atoms with Crippen LogP contribution in [0.25, 0.3) is 0 Å². The van der Waals surface area contributed by atoms with E-state index in [1.165, 1.54) is 12.1 Å². The largest absolute Gasteiger partial charge is 0.481 e. The Morgan fingerprint density at radius 2 is 1.94 bits per heavy atom. The fourth-order valence-corrected chi connectivity index (χ4v) is 1.90. The van der Waals surface area contributed by atoms with Gasteiger partial charge < -0.3 is 5.11 Å². The maximum atomic E-state index is 13.3. The molecule has 0 aliphatic carbocycles. The monoisotopic (exact) mass is 246 g/mol. The molecule has 0 atom stereocenters. The Bertz CT molecular complexity index is 371. The molecular weight excluding hydrogens is 234 g/mol. The molecule has 0 bridgehead atoms. The number of rotatable bonds is 5. The summed E-state index contributed by atoms with van der Waals surface area (Å²) in [4.78, 5) is 10.3. The second-order valence-electron chi connectivity index (χ2n) is 3.34. The number of aliphatic carboxylic acids is 1. The van der Waals surface area contributed by atoms with E-state index < -0.39 is 17.6 Å². The normalized spacial score (nSPS) is 10.4. The van der Waals surface area contributed by atoms with Gasteiger partial charge in [-0.25, -0.2) is 8.78 Å². The molecule has 0 fully saturated rings. The Morgan fingerprint density at radius 1 is 1.38 bits per heavy atom. The Labute approximate surface area is 96.7 Å². The third-order valence-corrected chi connectivity index (χ3v) is 2.92. The number of carboxylic acid groups (broad SMARTS) is 1. The van der Waals surface area contributed by atoms with Gasteiger partial charge in [-0.1, -0.05) is 0 Å². The highest BCUT2D eigenvalue weighted by Gasteiger charge is 2.10. The first-order valence-electron chi connectivity index (χ1n) is 4.78. The Hall–Kier alpha value is -1.10. The van der Waals surface area contributed by atoms with Crippen molar-refractivity contribution in [2.45, 2.75) is 24.2 Å². The Morgan fingerprint density at radius 3 is 2.38 bits per heavy atom. The molecule has 2 nitrogen and oxygen atoms in total. The van der Waals surface area contributed by atoms with Gasteiger partial charge in [-0.3, -0.25) is 4.79 Å². The van der Waals surface area contributed by atoms with Gasteiger partial charge in [0, 0.05) is 6.42 Å². The lowest BCUT2D eigenvalue weighted by Gasteiger charge is -2.05. The fraction of sp³-hybridized carbons (Fsp3) is 0.364. The molecule has 0 unspecified atom stereocenters. The highest BCUT2D eigenvalue weighted by atomic mass is 32.2. The molecule has 0 aliphatic rings. The van der Waals surface area contributed by atoms with Crippen LogP contribution in [-0.4, -0.2) is 17.3 Å². The van der Waals surface area contributed by atoms with Crippen molar-refractivity contribution in [3.05, 3.63) is 29.3 Å². The number of hydrogen-bond donors (Lipinski definition) is 1. The minimum Gasteiger partial charge on any atom is -0.481 e. The summed E-state index contributed by atoms with van der Waals surface area (Å²) in [6.07, 6.45) is 2.36. The van der Waals surface area contributed by atoms with Gasteiger partial charge in [0.15, 0.2) is 0 Å². The van der Waals surface area contributed by atoms with Crippen LogP contribution in [-0.2, 0) is 11.2 Å². The van der Waals surface area contributed by atoms with Crippen LogP contribution in [0.1, 0.15) is 18.4 Å². The number of aryl methyl sites for hydroxylation is 1. The van der Waals surface area contributed by atoms with E-state index in [1.54, 1.807) is 6.26 Å². The molecular formula is C11H12F2O2S. The molecule has 0 aromatic heterocycles. The molecule has 0 saturated heterocycles. The van der Waals surface area contributed by atoms with E-state index in [0.717, 1.165) is 11.8 Å². The predicted molar refractivity (Wildman–Crippen MR) is 58.7 cm³/mol. The maximum Gasteiger partial charge on any atom is 0.303 e. The van der Waals surface area contributed by atoms with Gasteiger partial charge in [0.05, 0.1) is 4.90 Å². The van der Waals surface area contributed by atoms with Crippen LogP contribution in [0.3, 0.4) is 0 Å². The van der Waals surface area contributed by atoms with Crippen molar-refractivity contribution in [3.63, 3.8) is 0 Å². The van der Waals surface area contributed by atoms with Gasteiger partial charge in [-0.15, -0.1) is 11.8 Å². The van der Waals surface area contributed by atoms with E-state index in [2.05, 4.69) is 0 Å². The van der Waals surface area contributed by atoms with Gasteiger partial charge in [-0.05, 0) is 36.8 Å². The average molecular weight is 246 g/mol.